The van der Waals surface area contributed by atoms with Gasteiger partial charge in [-0.25, -0.2) is 4.98 Å². The summed E-state index contributed by atoms with van der Waals surface area (Å²) in [5.41, 5.74) is 0.931. The number of benzene rings is 1. The maximum Gasteiger partial charge on any atom is 0.263 e. The van der Waals surface area contributed by atoms with E-state index in [1.807, 2.05) is 18.2 Å². The van der Waals surface area contributed by atoms with Crippen molar-refractivity contribution in [1.29, 1.82) is 0 Å². The number of aromatic nitrogens is 1. The van der Waals surface area contributed by atoms with Gasteiger partial charge in [0, 0.05) is 11.6 Å². The van der Waals surface area contributed by atoms with Crippen LogP contribution >= 0.6 is 11.3 Å². The Balaban J connectivity index is 1.48. The number of thiazole rings is 1. The molecule has 0 bridgehead atoms. The fourth-order valence-corrected chi connectivity index (χ4v) is 3.58. The van der Waals surface area contributed by atoms with Crippen LogP contribution in [0.5, 0.6) is 11.5 Å². The molecule has 23 heavy (non-hydrogen) atoms. The number of amides is 1. The summed E-state index contributed by atoms with van der Waals surface area (Å²) < 4.78 is 10.7. The third-order valence-electron chi connectivity index (χ3n) is 4.02. The second kappa shape index (κ2) is 6.17. The molecule has 7 heteroatoms. The average Bonchev–Trinajstić information content (AvgIpc) is 3.24. The second-order valence-corrected chi connectivity index (χ2v) is 6.63. The first-order chi connectivity index (χ1) is 11.3. The van der Waals surface area contributed by atoms with E-state index >= 15 is 0 Å². The third-order valence-corrected chi connectivity index (χ3v) is 5.07. The van der Waals surface area contributed by atoms with Crippen molar-refractivity contribution in [3.63, 3.8) is 0 Å². The number of nitrogens with one attached hydrogen (secondary N) is 2. The molecule has 0 unspecified atom stereocenters. The average molecular weight is 331 g/mol. The SMILES string of the molecule is O=C(NC1CCNCC1)c1cnc(-c2ccc3c(c2)OCO3)s1. The number of ether oxygens (including phenoxy) is 2. The summed E-state index contributed by atoms with van der Waals surface area (Å²) in [5, 5.41) is 7.18. The number of hydrogen-bond donors (Lipinski definition) is 2. The highest BCUT2D eigenvalue weighted by molar-refractivity contribution is 7.16. The van der Waals surface area contributed by atoms with Gasteiger partial charge in [-0.05, 0) is 44.1 Å². The van der Waals surface area contributed by atoms with Crippen LogP contribution in [0.25, 0.3) is 10.6 Å². The topological polar surface area (TPSA) is 72.5 Å². The number of nitrogens with zero attached hydrogens (tertiary/aromatic N) is 1. The van der Waals surface area contributed by atoms with Gasteiger partial charge < -0.3 is 20.1 Å². The van der Waals surface area contributed by atoms with Crippen molar-refractivity contribution in [2.75, 3.05) is 19.9 Å². The molecule has 2 N–H and O–H groups in total. The molecular formula is C16H17N3O3S. The van der Waals surface area contributed by atoms with Crippen LogP contribution in [-0.4, -0.2) is 36.8 Å². The van der Waals surface area contributed by atoms with E-state index < -0.39 is 0 Å². The molecule has 1 saturated heterocycles. The van der Waals surface area contributed by atoms with Crippen molar-refractivity contribution in [2.24, 2.45) is 0 Å². The summed E-state index contributed by atoms with van der Waals surface area (Å²) in [4.78, 5) is 17.3. The van der Waals surface area contributed by atoms with E-state index in [9.17, 15) is 4.79 Å². The Bertz CT molecular complexity index is 725. The van der Waals surface area contributed by atoms with E-state index in [2.05, 4.69) is 15.6 Å². The maximum atomic E-state index is 12.3. The van der Waals surface area contributed by atoms with Gasteiger partial charge in [-0.3, -0.25) is 4.79 Å². The highest BCUT2D eigenvalue weighted by Gasteiger charge is 2.19. The molecule has 120 valence electrons. The molecule has 0 spiro atoms. The van der Waals surface area contributed by atoms with E-state index in [1.165, 1.54) is 11.3 Å². The summed E-state index contributed by atoms with van der Waals surface area (Å²) in [7, 11) is 0. The zero-order valence-corrected chi connectivity index (χ0v) is 13.3. The van der Waals surface area contributed by atoms with E-state index in [-0.39, 0.29) is 18.7 Å². The van der Waals surface area contributed by atoms with Gasteiger partial charge in [0.15, 0.2) is 11.5 Å². The number of rotatable bonds is 3. The number of carbonyl (C=O) groups excluding carboxylic acids is 1. The quantitative estimate of drug-likeness (QED) is 0.900. The molecule has 4 rings (SSSR count). The summed E-state index contributed by atoms with van der Waals surface area (Å²) in [6.07, 6.45) is 3.58. The molecule has 1 aromatic heterocycles. The number of piperidine rings is 1. The molecule has 0 radical (unpaired) electrons. The van der Waals surface area contributed by atoms with Gasteiger partial charge in [0.2, 0.25) is 6.79 Å². The van der Waals surface area contributed by atoms with Gasteiger partial charge in [-0.15, -0.1) is 11.3 Å². The van der Waals surface area contributed by atoms with E-state index in [0.29, 0.717) is 4.88 Å². The summed E-state index contributed by atoms with van der Waals surface area (Å²) >= 11 is 1.39. The normalized spacial score (nSPS) is 17.2. The predicted octanol–water partition coefficient (Wildman–Crippen LogP) is 2.02. The fourth-order valence-electron chi connectivity index (χ4n) is 2.76. The molecule has 1 amide bonds. The molecule has 0 aliphatic carbocycles. The Morgan fingerprint density at radius 1 is 1.26 bits per heavy atom. The van der Waals surface area contributed by atoms with Crippen LogP contribution in [0.4, 0.5) is 0 Å². The molecule has 0 saturated carbocycles. The van der Waals surface area contributed by atoms with E-state index in [4.69, 9.17) is 9.47 Å². The molecule has 2 aliphatic rings. The smallest absolute Gasteiger partial charge is 0.263 e. The third kappa shape index (κ3) is 3.02. The minimum atomic E-state index is -0.0404. The van der Waals surface area contributed by atoms with Crippen molar-refractivity contribution < 1.29 is 14.3 Å². The van der Waals surface area contributed by atoms with E-state index in [1.54, 1.807) is 6.20 Å². The van der Waals surface area contributed by atoms with Crippen molar-refractivity contribution in [1.82, 2.24) is 15.6 Å². The Labute approximate surface area is 137 Å². The maximum absolute atomic E-state index is 12.3. The summed E-state index contributed by atoms with van der Waals surface area (Å²) in [6, 6.07) is 5.95. The number of fused-ring (bicyclic) bond motifs is 1. The van der Waals surface area contributed by atoms with Crippen LogP contribution in [0, 0.1) is 0 Å². The molecule has 0 atom stereocenters. The largest absolute Gasteiger partial charge is 0.454 e. The lowest BCUT2D eigenvalue weighted by atomic mass is 10.1. The van der Waals surface area contributed by atoms with Crippen molar-refractivity contribution in [3.05, 3.63) is 29.3 Å². The van der Waals surface area contributed by atoms with Gasteiger partial charge in [0.25, 0.3) is 5.91 Å². The minimum Gasteiger partial charge on any atom is -0.454 e. The van der Waals surface area contributed by atoms with Crippen molar-refractivity contribution >= 4 is 17.2 Å². The van der Waals surface area contributed by atoms with Crippen LogP contribution in [-0.2, 0) is 0 Å². The highest BCUT2D eigenvalue weighted by Crippen LogP contribution is 2.36. The van der Waals surface area contributed by atoms with Crippen molar-refractivity contribution in [3.8, 4) is 22.1 Å². The molecule has 1 aromatic carbocycles. The molecule has 3 heterocycles. The first kappa shape index (κ1) is 14.5. The Morgan fingerprint density at radius 2 is 2.09 bits per heavy atom. The standard InChI is InChI=1S/C16H17N3O3S/c20-15(19-11-3-5-17-6-4-11)14-8-18-16(23-14)10-1-2-12-13(7-10)22-9-21-12/h1-2,7-8,11,17H,3-6,9H2,(H,19,20). The zero-order chi connectivity index (χ0) is 15.6. The van der Waals surface area contributed by atoms with Gasteiger partial charge in [-0.1, -0.05) is 0 Å². The minimum absolute atomic E-state index is 0.0404. The highest BCUT2D eigenvalue weighted by atomic mass is 32.1. The Kier molecular flexibility index (Phi) is 3.88. The number of hydrogen-bond acceptors (Lipinski definition) is 6. The lowest BCUT2D eigenvalue weighted by molar-refractivity contribution is 0.0933. The zero-order valence-electron chi connectivity index (χ0n) is 12.5. The van der Waals surface area contributed by atoms with Gasteiger partial charge >= 0.3 is 0 Å². The van der Waals surface area contributed by atoms with Crippen LogP contribution in [0.3, 0.4) is 0 Å². The monoisotopic (exact) mass is 331 g/mol. The Hall–Kier alpha value is -2.12. The first-order valence-electron chi connectivity index (χ1n) is 7.67. The van der Waals surface area contributed by atoms with E-state index in [0.717, 1.165) is 48.0 Å². The predicted molar refractivity (Wildman–Crippen MR) is 87.0 cm³/mol. The summed E-state index contributed by atoms with van der Waals surface area (Å²) in [5.74, 6) is 1.42. The lowest BCUT2D eigenvalue weighted by Gasteiger charge is -2.23. The molecular weight excluding hydrogens is 314 g/mol. The number of carbonyl (C=O) groups is 1. The van der Waals surface area contributed by atoms with Crippen LogP contribution in [0.1, 0.15) is 22.5 Å². The van der Waals surface area contributed by atoms with Crippen LogP contribution in [0.15, 0.2) is 24.4 Å². The summed E-state index contributed by atoms with van der Waals surface area (Å²) in [6.45, 7) is 2.16. The van der Waals surface area contributed by atoms with Gasteiger partial charge in [-0.2, -0.15) is 0 Å². The Morgan fingerprint density at radius 3 is 2.96 bits per heavy atom. The first-order valence-corrected chi connectivity index (χ1v) is 8.49. The van der Waals surface area contributed by atoms with Crippen LogP contribution < -0.4 is 20.1 Å². The van der Waals surface area contributed by atoms with Gasteiger partial charge in [0.05, 0.1) is 6.20 Å². The fraction of sp³-hybridized carbons (Fsp3) is 0.375. The molecule has 6 nitrogen and oxygen atoms in total. The molecule has 2 aromatic rings. The van der Waals surface area contributed by atoms with Crippen molar-refractivity contribution in [2.45, 2.75) is 18.9 Å². The second-order valence-electron chi connectivity index (χ2n) is 5.60. The molecule has 1 fully saturated rings. The van der Waals surface area contributed by atoms with Crippen LogP contribution in [0.2, 0.25) is 0 Å². The lowest BCUT2D eigenvalue weighted by Crippen LogP contribution is -2.42. The molecule has 2 aliphatic heterocycles. The van der Waals surface area contributed by atoms with Gasteiger partial charge in [0.1, 0.15) is 9.88 Å².